The Hall–Kier alpha value is -3.35. The van der Waals surface area contributed by atoms with Gasteiger partial charge in [0.15, 0.2) is 23.1 Å². The number of benzene rings is 1. The van der Waals surface area contributed by atoms with Crippen molar-refractivity contribution in [3.63, 3.8) is 0 Å². The van der Waals surface area contributed by atoms with Crippen LogP contribution in [0, 0.1) is 5.82 Å². The van der Waals surface area contributed by atoms with Crippen LogP contribution in [0.5, 0.6) is 0 Å². The minimum atomic E-state index is -5.00. The van der Waals surface area contributed by atoms with Crippen molar-refractivity contribution in [1.82, 2.24) is 14.9 Å². The fourth-order valence-corrected chi connectivity index (χ4v) is 3.45. The van der Waals surface area contributed by atoms with Crippen LogP contribution in [0.2, 0.25) is 5.02 Å². The average Bonchev–Trinajstić information content (AvgIpc) is 3.30. The van der Waals surface area contributed by atoms with Gasteiger partial charge < -0.3 is 14.7 Å². The maximum atomic E-state index is 14.7. The number of rotatable bonds is 6. The topological polar surface area (TPSA) is 109 Å². The predicted molar refractivity (Wildman–Crippen MR) is 117 cm³/mol. The highest BCUT2D eigenvalue weighted by atomic mass is 35.5. The molecule has 0 saturated heterocycles. The molecule has 2 heterocycles. The third kappa shape index (κ3) is 5.08. The molecule has 180 valence electrons. The fraction of sp³-hybridized carbons (Fsp3) is 0.238. The Morgan fingerprint density at radius 2 is 2.03 bits per heavy atom. The van der Waals surface area contributed by atoms with Crippen LogP contribution >= 0.6 is 11.6 Å². The SMILES string of the molecule is C=CN=C(N=CC)c1c(-c2c(F)cccc2Cl)noc1-c1cnn(CC(C)(O)O)c1C(F)(F)F. The van der Waals surface area contributed by atoms with Crippen molar-refractivity contribution in [2.24, 2.45) is 9.98 Å². The Labute approximate surface area is 195 Å². The summed E-state index contributed by atoms with van der Waals surface area (Å²) in [5.74, 6) is -3.98. The molecule has 34 heavy (non-hydrogen) atoms. The molecule has 0 saturated carbocycles. The molecule has 0 fully saturated rings. The number of nitrogens with zero attached hydrogens (tertiary/aromatic N) is 5. The lowest BCUT2D eigenvalue weighted by molar-refractivity contribution is -0.167. The third-order valence-corrected chi connectivity index (χ3v) is 4.70. The van der Waals surface area contributed by atoms with Crippen molar-refractivity contribution in [1.29, 1.82) is 0 Å². The number of aromatic nitrogens is 3. The summed E-state index contributed by atoms with van der Waals surface area (Å²) in [4.78, 5) is 8.02. The van der Waals surface area contributed by atoms with E-state index in [9.17, 15) is 27.8 Å². The van der Waals surface area contributed by atoms with E-state index in [4.69, 9.17) is 16.1 Å². The lowest BCUT2D eigenvalue weighted by atomic mass is 10.0. The van der Waals surface area contributed by atoms with Gasteiger partial charge in [-0.3, -0.25) is 4.68 Å². The van der Waals surface area contributed by atoms with Crippen molar-refractivity contribution < 1.29 is 32.3 Å². The number of aliphatic hydroxyl groups is 2. The zero-order valence-corrected chi connectivity index (χ0v) is 18.6. The molecule has 3 rings (SSSR count). The highest BCUT2D eigenvalue weighted by molar-refractivity contribution is 6.33. The monoisotopic (exact) mass is 499 g/mol. The first kappa shape index (κ1) is 25.3. The first-order valence-electron chi connectivity index (χ1n) is 9.59. The summed E-state index contributed by atoms with van der Waals surface area (Å²) in [6.45, 7) is 5.00. The van der Waals surface area contributed by atoms with E-state index in [1.165, 1.54) is 25.3 Å². The van der Waals surface area contributed by atoms with Gasteiger partial charge in [-0.2, -0.15) is 18.3 Å². The molecule has 3 aromatic rings. The molecule has 0 radical (unpaired) electrons. The van der Waals surface area contributed by atoms with Gasteiger partial charge in [-0.15, -0.1) is 0 Å². The molecule has 0 amide bonds. The third-order valence-electron chi connectivity index (χ3n) is 4.38. The normalized spacial score (nSPS) is 13.1. The van der Waals surface area contributed by atoms with Gasteiger partial charge in [0.05, 0.1) is 34.5 Å². The van der Waals surface area contributed by atoms with Crippen LogP contribution < -0.4 is 0 Å². The minimum absolute atomic E-state index is 0.0809. The number of alkyl halides is 3. The maximum Gasteiger partial charge on any atom is 0.433 e. The second kappa shape index (κ2) is 9.49. The zero-order valence-electron chi connectivity index (χ0n) is 17.8. The molecule has 0 unspecified atom stereocenters. The van der Waals surface area contributed by atoms with Crippen molar-refractivity contribution in [2.75, 3.05) is 0 Å². The number of halogens is 5. The predicted octanol–water partition coefficient (Wildman–Crippen LogP) is 4.70. The van der Waals surface area contributed by atoms with Crippen molar-refractivity contribution in [3.05, 3.63) is 59.3 Å². The van der Waals surface area contributed by atoms with E-state index in [0.717, 1.165) is 25.4 Å². The Kier molecular flexibility index (Phi) is 7.05. The Balaban J connectivity index is 2.40. The van der Waals surface area contributed by atoms with Crippen LogP contribution in [0.1, 0.15) is 25.1 Å². The molecule has 2 aromatic heterocycles. The number of hydrogen-bond acceptors (Lipinski definition) is 6. The summed E-state index contributed by atoms with van der Waals surface area (Å²) in [7, 11) is 0. The molecule has 0 atom stereocenters. The van der Waals surface area contributed by atoms with Crippen molar-refractivity contribution in [2.45, 2.75) is 32.4 Å². The van der Waals surface area contributed by atoms with Gasteiger partial charge in [-0.05, 0) is 26.0 Å². The smallest absolute Gasteiger partial charge is 0.364 e. The number of amidine groups is 1. The second-order valence-corrected chi connectivity index (χ2v) is 7.54. The molecular weight excluding hydrogens is 482 g/mol. The summed E-state index contributed by atoms with van der Waals surface area (Å²) < 4.78 is 62.5. The molecule has 1 aromatic carbocycles. The van der Waals surface area contributed by atoms with Gasteiger partial charge in [-0.25, -0.2) is 14.4 Å². The van der Waals surface area contributed by atoms with E-state index in [1.54, 1.807) is 0 Å². The first-order chi connectivity index (χ1) is 15.9. The Morgan fingerprint density at radius 1 is 1.32 bits per heavy atom. The van der Waals surface area contributed by atoms with E-state index in [0.29, 0.717) is 4.68 Å². The molecule has 13 heteroatoms. The molecule has 0 aliphatic heterocycles. The van der Waals surface area contributed by atoms with Gasteiger partial charge in [0.25, 0.3) is 0 Å². The summed E-state index contributed by atoms with van der Waals surface area (Å²) in [6, 6.07) is 3.81. The lowest BCUT2D eigenvalue weighted by Crippen LogP contribution is -2.32. The molecule has 0 aliphatic rings. The van der Waals surface area contributed by atoms with Gasteiger partial charge in [0, 0.05) is 12.4 Å². The number of hydrogen-bond donors (Lipinski definition) is 2. The molecule has 0 spiro atoms. The average molecular weight is 500 g/mol. The fourth-order valence-electron chi connectivity index (χ4n) is 3.20. The van der Waals surface area contributed by atoms with Crippen molar-refractivity contribution in [3.8, 4) is 22.6 Å². The van der Waals surface area contributed by atoms with E-state index >= 15 is 0 Å². The quantitative estimate of drug-likeness (QED) is 0.221. The van der Waals surface area contributed by atoms with Crippen molar-refractivity contribution >= 4 is 23.7 Å². The van der Waals surface area contributed by atoms with E-state index in [2.05, 4.69) is 26.8 Å². The van der Waals surface area contributed by atoms with Gasteiger partial charge >= 0.3 is 6.18 Å². The highest BCUT2D eigenvalue weighted by Crippen LogP contribution is 2.42. The highest BCUT2D eigenvalue weighted by Gasteiger charge is 2.42. The van der Waals surface area contributed by atoms with Gasteiger partial charge in [0.2, 0.25) is 0 Å². The zero-order chi connectivity index (χ0) is 25.3. The molecule has 2 N–H and O–H groups in total. The standard InChI is InChI=1S/C21H18ClF4N5O3/c1-4-27-19(28-5-2)15-16(14-12(22)7-6-8-13(14)23)30-34-17(15)11-9-29-31(10-20(3,32)33)18(11)21(24,25)26/h4-9,32-33H,1,10H2,2-3H3. The summed E-state index contributed by atoms with van der Waals surface area (Å²) >= 11 is 6.16. The molecule has 0 bridgehead atoms. The van der Waals surface area contributed by atoms with Crippen LogP contribution in [0.3, 0.4) is 0 Å². The molecule has 8 nitrogen and oxygen atoms in total. The Bertz CT molecular complexity index is 1250. The van der Waals surface area contributed by atoms with Crippen LogP contribution in [-0.4, -0.2) is 43.0 Å². The maximum absolute atomic E-state index is 14.7. The molecule has 0 aliphatic carbocycles. The van der Waals surface area contributed by atoms with E-state index in [-0.39, 0.29) is 27.7 Å². The minimum Gasteiger partial charge on any atom is -0.364 e. The van der Waals surface area contributed by atoms with Crippen LogP contribution in [-0.2, 0) is 12.7 Å². The first-order valence-corrected chi connectivity index (χ1v) is 9.96. The van der Waals surface area contributed by atoms with E-state index in [1.807, 2.05) is 0 Å². The summed E-state index contributed by atoms with van der Waals surface area (Å²) in [5, 5.41) is 26.6. The second-order valence-electron chi connectivity index (χ2n) is 7.13. The summed E-state index contributed by atoms with van der Waals surface area (Å²) in [5.41, 5.74) is -2.66. The van der Waals surface area contributed by atoms with Gasteiger partial charge in [0.1, 0.15) is 11.5 Å². The number of aliphatic imine (C=N–C) groups is 2. The van der Waals surface area contributed by atoms with Crippen LogP contribution in [0.25, 0.3) is 22.6 Å². The summed E-state index contributed by atoms with van der Waals surface area (Å²) in [6.07, 6.45) is -1.79. The van der Waals surface area contributed by atoms with Gasteiger partial charge in [-0.1, -0.05) is 29.4 Å². The lowest BCUT2D eigenvalue weighted by Gasteiger charge is -2.19. The Morgan fingerprint density at radius 3 is 2.59 bits per heavy atom. The largest absolute Gasteiger partial charge is 0.433 e. The van der Waals surface area contributed by atoms with E-state index < -0.39 is 41.3 Å². The molecular formula is C21H18ClF4N5O3. The van der Waals surface area contributed by atoms with Crippen LogP contribution in [0.15, 0.2) is 51.7 Å². The van der Waals surface area contributed by atoms with Crippen LogP contribution in [0.4, 0.5) is 17.6 Å².